The van der Waals surface area contributed by atoms with E-state index in [2.05, 4.69) is 15.3 Å². The molecule has 0 radical (unpaired) electrons. The van der Waals surface area contributed by atoms with Crippen LogP contribution in [0.5, 0.6) is 0 Å². The predicted octanol–water partition coefficient (Wildman–Crippen LogP) is 1.37. The number of furan rings is 1. The van der Waals surface area contributed by atoms with E-state index < -0.39 is 5.82 Å². The Morgan fingerprint density at radius 3 is 2.96 bits per heavy atom. The maximum Gasteiger partial charge on any atom is 0.225 e. The summed E-state index contributed by atoms with van der Waals surface area (Å²) in [5.41, 5.74) is 0. The fraction of sp³-hybridized carbons (Fsp3) is 0.471. The van der Waals surface area contributed by atoms with Gasteiger partial charge in [-0.25, -0.2) is 14.4 Å². The molecule has 1 N–H and O–H groups in total. The zero-order valence-corrected chi connectivity index (χ0v) is 13.6. The number of aromatic nitrogens is 2. The maximum atomic E-state index is 13.1. The van der Waals surface area contributed by atoms with E-state index in [1.807, 2.05) is 11.0 Å². The first kappa shape index (κ1) is 16.0. The fourth-order valence-corrected chi connectivity index (χ4v) is 3.61. The Labute approximate surface area is 144 Å². The van der Waals surface area contributed by atoms with Crippen molar-refractivity contribution in [3.8, 4) is 0 Å². The van der Waals surface area contributed by atoms with E-state index in [1.165, 1.54) is 0 Å². The van der Waals surface area contributed by atoms with Crippen LogP contribution in [0.25, 0.3) is 0 Å². The average molecular weight is 346 g/mol. The summed E-state index contributed by atoms with van der Waals surface area (Å²) in [6.07, 6.45) is 4.67. The van der Waals surface area contributed by atoms with Crippen LogP contribution in [-0.2, 0) is 16.1 Å². The molecule has 2 aliphatic heterocycles. The molecule has 2 saturated heterocycles. The first-order valence-corrected chi connectivity index (χ1v) is 8.35. The Hall–Kier alpha value is -2.48. The largest absolute Gasteiger partial charge is 0.467 e. The van der Waals surface area contributed by atoms with E-state index in [-0.39, 0.29) is 23.8 Å². The van der Waals surface area contributed by atoms with Gasteiger partial charge in [0.2, 0.25) is 11.9 Å². The highest BCUT2D eigenvalue weighted by atomic mass is 19.1. The summed E-state index contributed by atoms with van der Waals surface area (Å²) in [5.74, 6) is 0.548. The van der Waals surface area contributed by atoms with E-state index in [0.717, 1.165) is 18.8 Å². The van der Waals surface area contributed by atoms with Crippen LogP contribution in [0, 0.1) is 17.7 Å². The number of nitrogens with one attached hydrogen (secondary N) is 1. The van der Waals surface area contributed by atoms with Crippen LogP contribution >= 0.6 is 0 Å². The number of amides is 1. The molecule has 0 aliphatic carbocycles. The second-order valence-corrected chi connectivity index (χ2v) is 6.37. The number of anilines is 1. The van der Waals surface area contributed by atoms with Crippen LogP contribution in [0.15, 0.2) is 35.2 Å². The minimum absolute atomic E-state index is 0.0382. The van der Waals surface area contributed by atoms with Gasteiger partial charge in [-0.1, -0.05) is 0 Å². The van der Waals surface area contributed by atoms with E-state index in [4.69, 9.17) is 9.15 Å². The molecule has 0 spiro atoms. The number of hydrogen-bond acceptors (Lipinski definition) is 6. The minimum Gasteiger partial charge on any atom is -0.467 e. The molecule has 1 amide bonds. The van der Waals surface area contributed by atoms with Gasteiger partial charge in [-0.15, -0.1) is 0 Å². The molecule has 0 bridgehead atoms. The smallest absolute Gasteiger partial charge is 0.225 e. The van der Waals surface area contributed by atoms with E-state index >= 15 is 0 Å². The lowest BCUT2D eigenvalue weighted by molar-refractivity contribution is -0.128. The van der Waals surface area contributed by atoms with Crippen molar-refractivity contribution in [3.63, 3.8) is 0 Å². The van der Waals surface area contributed by atoms with Gasteiger partial charge in [0.1, 0.15) is 5.76 Å². The molecule has 2 aromatic rings. The molecule has 4 heterocycles. The van der Waals surface area contributed by atoms with Crippen molar-refractivity contribution in [3.05, 3.63) is 42.4 Å². The summed E-state index contributed by atoms with van der Waals surface area (Å²) in [7, 11) is 0. The molecule has 7 nitrogen and oxygen atoms in total. The SMILES string of the molecule is O=C(NCc1ccco1)[C@@H]1CN(c2ncc(F)cn2)C[C@@H]2OCC[C@@H]21. The van der Waals surface area contributed by atoms with Gasteiger partial charge in [0.15, 0.2) is 5.82 Å². The summed E-state index contributed by atoms with van der Waals surface area (Å²) >= 11 is 0. The molecule has 2 fully saturated rings. The van der Waals surface area contributed by atoms with Gasteiger partial charge in [-0.2, -0.15) is 0 Å². The highest BCUT2D eigenvalue weighted by molar-refractivity contribution is 5.80. The monoisotopic (exact) mass is 346 g/mol. The predicted molar refractivity (Wildman–Crippen MR) is 86.1 cm³/mol. The van der Waals surface area contributed by atoms with Gasteiger partial charge >= 0.3 is 0 Å². The van der Waals surface area contributed by atoms with Gasteiger partial charge in [0, 0.05) is 25.6 Å². The van der Waals surface area contributed by atoms with Crippen molar-refractivity contribution in [2.75, 3.05) is 24.6 Å². The van der Waals surface area contributed by atoms with Crippen LogP contribution in [0.3, 0.4) is 0 Å². The molecule has 0 unspecified atom stereocenters. The number of halogens is 1. The van der Waals surface area contributed by atoms with Crippen molar-refractivity contribution in [2.45, 2.75) is 19.1 Å². The topological polar surface area (TPSA) is 80.5 Å². The molecule has 25 heavy (non-hydrogen) atoms. The van der Waals surface area contributed by atoms with Gasteiger partial charge < -0.3 is 19.4 Å². The number of hydrogen-bond donors (Lipinski definition) is 1. The molecule has 4 rings (SSSR count). The third-order valence-electron chi connectivity index (χ3n) is 4.84. The summed E-state index contributed by atoms with van der Waals surface area (Å²) in [5, 5.41) is 2.93. The Morgan fingerprint density at radius 1 is 1.36 bits per heavy atom. The zero-order chi connectivity index (χ0) is 17.2. The van der Waals surface area contributed by atoms with Crippen molar-refractivity contribution in [1.82, 2.24) is 15.3 Å². The van der Waals surface area contributed by atoms with Crippen LogP contribution in [0.1, 0.15) is 12.2 Å². The molecule has 3 atom stereocenters. The summed E-state index contributed by atoms with van der Waals surface area (Å²) in [6.45, 7) is 2.10. The van der Waals surface area contributed by atoms with Gasteiger partial charge in [0.25, 0.3) is 0 Å². The standard InChI is InChI=1S/C17H19FN4O3/c18-11-6-20-17(21-7-11)22-9-14(13-3-5-25-15(13)10-22)16(23)19-8-12-2-1-4-24-12/h1-2,4,6-7,13-15H,3,5,8-10H2,(H,19,23)/t13-,14-,15+/m1/s1. The highest BCUT2D eigenvalue weighted by Crippen LogP contribution is 2.35. The number of carbonyl (C=O) groups is 1. The minimum atomic E-state index is -0.483. The Kier molecular flexibility index (Phi) is 4.35. The van der Waals surface area contributed by atoms with Crippen molar-refractivity contribution < 1.29 is 18.3 Å². The summed E-state index contributed by atoms with van der Waals surface area (Å²) in [4.78, 5) is 22.7. The van der Waals surface area contributed by atoms with Crippen LogP contribution < -0.4 is 10.2 Å². The molecule has 0 aromatic carbocycles. The number of nitrogens with zero attached hydrogens (tertiary/aromatic N) is 3. The first-order chi connectivity index (χ1) is 12.2. The zero-order valence-electron chi connectivity index (χ0n) is 13.6. The van der Waals surface area contributed by atoms with E-state index in [0.29, 0.717) is 37.9 Å². The molecule has 8 heteroatoms. The normalized spacial score (nSPS) is 25.6. The number of piperidine rings is 1. The molecule has 2 aliphatic rings. The van der Waals surface area contributed by atoms with Crippen LogP contribution in [-0.4, -0.2) is 41.7 Å². The molecular formula is C17H19FN4O3. The maximum absolute atomic E-state index is 13.1. The second kappa shape index (κ2) is 6.79. The number of carbonyl (C=O) groups excluding carboxylic acids is 1. The van der Waals surface area contributed by atoms with Gasteiger partial charge in [-0.05, 0) is 18.6 Å². The third kappa shape index (κ3) is 3.34. The van der Waals surface area contributed by atoms with E-state index in [1.54, 1.807) is 12.3 Å². The highest BCUT2D eigenvalue weighted by Gasteiger charge is 2.44. The van der Waals surface area contributed by atoms with Crippen molar-refractivity contribution in [1.29, 1.82) is 0 Å². The Balaban J connectivity index is 1.48. The van der Waals surface area contributed by atoms with Crippen molar-refractivity contribution in [2.24, 2.45) is 11.8 Å². The molecule has 0 saturated carbocycles. The Bertz CT molecular complexity index is 722. The van der Waals surface area contributed by atoms with Crippen LogP contribution in [0.4, 0.5) is 10.3 Å². The van der Waals surface area contributed by atoms with Crippen LogP contribution in [0.2, 0.25) is 0 Å². The Morgan fingerprint density at radius 2 is 2.20 bits per heavy atom. The number of ether oxygens (including phenoxy) is 1. The number of rotatable bonds is 4. The van der Waals surface area contributed by atoms with Gasteiger partial charge in [0.05, 0.1) is 37.2 Å². The lowest BCUT2D eigenvalue weighted by Crippen LogP contribution is -2.53. The van der Waals surface area contributed by atoms with Gasteiger partial charge in [-0.3, -0.25) is 4.79 Å². The quantitative estimate of drug-likeness (QED) is 0.901. The average Bonchev–Trinajstić information content (AvgIpc) is 3.30. The molecule has 2 aromatic heterocycles. The second-order valence-electron chi connectivity index (χ2n) is 6.37. The third-order valence-corrected chi connectivity index (χ3v) is 4.84. The summed E-state index contributed by atoms with van der Waals surface area (Å²) < 4.78 is 24.1. The lowest BCUT2D eigenvalue weighted by Gasteiger charge is -2.39. The lowest BCUT2D eigenvalue weighted by atomic mass is 9.82. The summed E-state index contributed by atoms with van der Waals surface area (Å²) in [6, 6.07) is 3.61. The fourth-order valence-electron chi connectivity index (χ4n) is 3.61. The van der Waals surface area contributed by atoms with E-state index in [9.17, 15) is 9.18 Å². The number of fused-ring (bicyclic) bond motifs is 1. The first-order valence-electron chi connectivity index (χ1n) is 8.35. The molecular weight excluding hydrogens is 327 g/mol. The molecule has 132 valence electrons. The van der Waals surface area contributed by atoms with Crippen molar-refractivity contribution >= 4 is 11.9 Å².